The SMILES string of the molecule is CC1CCN(C(C)C(C)C(=O)O)C(CN)C1. The molecule has 1 aliphatic heterocycles. The van der Waals surface area contributed by atoms with Gasteiger partial charge in [0.25, 0.3) is 0 Å². The van der Waals surface area contributed by atoms with Crippen LogP contribution in [0, 0.1) is 11.8 Å². The van der Waals surface area contributed by atoms with E-state index in [1.54, 1.807) is 6.92 Å². The van der Waals surface area contributed by atoms with Gasteiger partial charge in [-0.2, -0.15) is 0 Å². The van der Waals surface area contributed by atoms with Crippen LogP contribution in [0.2, 0.25) is 0 Å². The normalized spacial score (nSPS) is 31.0. The summed E-state index contributed by atoms with van der Waals surface area (Å²) >= 11 is 0. The summed E-state index contributed by atoms with van der Waals surface area (Å²) in [5.74, 6) is -0.346. The van der Waals surface area contributed by atoms with Gasteiger partial charge in [-0.05, 0) is 32.2 Å². The van der Waals surface area contributed by atoms with Crippen LogP contribution in [0.25, 0.3) is 0 Å². The first kappa shape index (κ1) is 13.5. The van der Waals surface area contributed by atoms with E-state index in [1.807, 2.05) is 6.92 Å². The molecule has 4 atom stereocenters. The minimum atomic E-state index is -0.720. The van der Waals surface area contributed by atoms with Gasteiger partial charge in [-0.15, -0.1) is 0 Å². The monoisotopic (exact) mass is 228 g/mol. The molecule has 0 aliphatic carbocycles. The molecule has 3 N–H and O–H groups in total. The maximum absolute atomic E-state index is 11.0. The predicted octanol–water partition coefficient (Wildman–Crippen LogP) is 1.15. The molecule has 1 heterocycles. The molecule has 1 fully saturated rings. The Kier molecular flexibility index (Phi) is 4.74. The van der Waals surface area contributed by atoms with E-state index in [4.69, 9.17) is 10.8 Å². The number of carboxylic acids is 1. The number of piperidine rings is 1. The Balaban J connectivity index is 2.66. The van der Waals surface area contributed by atoms with E-state index in [0.29, 0.717) is 18.5 Å². The van der Waals surface area contributed by atoms with Crippen molar-refractivity contribution < 1.29 is 9.90 Å². The Labute approximate surface area is 97.8 Å². The number of hydrogen-bond acceptors (Lipinski definition) is 3. The zero-order chi connectivity index (χ0) is 12.3. The first-order valence-corrected chi connectivity index (χ1v) is 6.16. The van der Waals surface area contributed by atoms with Crippen LogP contribution in [0.15, 0.2) is 0 Å². The summed E-state index contributed by atoms with van der Waals surface area (Å²) in [5, 5.41) is 9.04. The Morgan fingerprint density at radius 1 is 1.56 bits per heavy atom. The second-order valence-corrected chi connectivity index (χ2v) is 5.12. The molecular formula is C12H24N2O2. The molecule has 1 saturated heterocycles. The lowest BCUT2D eigenvalue weighted by molar-refractivity contribution is -0.144. The molecule has 1 aliphatic rings. The minimum Gasteiger partial charge on any atom is -0.481 e. The molecule has 0 aromatic heterocycles. The van der Waals surface area contributed by atoms with Crippen molar-refractivity contribution in [2.75, 3.05) is 13.1 Å². The van der Waals surface area contributed by atoms with Crippen molar-refractivity contribution in [3.63, 3.8) is 0 Å². The van der Waals surface area contributed by atoms with Crippen LogP contribution in [-0.4, -0.2) is 41.1 Å². The molecule has 0 amide bonds. The quantitative estimate of drug-likeness (QED) is 0.757. The maximum Gasteiger partial charge on any atom is 0.307 e. The van der Waals surface area contributed by atoms with E-state index in [2.05, 4.69) is 11.8 Å². The molecule has 0 saturated carbocycles. The highest BCUT2D eigenvalue weighted by molar-refractivity contribution is 5.70. The molecular weight excluding hydrogens is 204 g/mol. The largest absolute Gasteiger partial charge is 0.481 e. The second-order valence-electron chi connectivity index (χ2n) is 5.12. The van der Waals surface area contributed by atoms with Gasteiger partial charge in [-0.3, -0.25) is 9.69 Å². The third-order valence-electron chi connectivity index (χ3n) is 3.93. The number of carboxylic acid groups (broad SMARTS) is 1. The third kappa shape index (κ3) is 2.95. The van der Waals surface area contributed by atoms with Crippen LogP contribution < -0.4 is 5.73 Å². The van der Waals surface area contributed by atoms with Gasteiger partial charge in [0.1, 0.15) is 0 Å². The molecule has 4 nitrogen and oxygen atoms in total. The summed E-state index contributed by atoms with van der Waals surface area (Å²) in [6.45, 7) is 7.62. The van der Waals surface area contributed by atoms with Gasteiger partial charge in [0, 0.05) is 18.6 Å². The smallest absolute Gasteiger partial charge is 0.307 e. The molecule has 4 heteroatoms. The lowest BCUT2D eigenvalue weighted by Crippen LogP contribution is -2.53. The van der Waals surface area contributed by atoms with Gasteiger partial charge in [-0.25, -0.2) is 0 Å². The second kappa shape index (κ2) is 5.64. The van der Waals surface area contributed by atoms with Crippen LogP contribution >= 0.6 is 0 Å². The highest BCUT2D eigenvalue weighted by Crippen LogP contribution is 2.26. The van der Waals surface area contributed by atoms with Crippen LogP contribution in [0.3, 0.4) is 0 Å². The van der Waals surface area contributed by atoms with Gasteiger partial charge in [-0.1, -0.05) is 13.8 Å². The van der Waals surface area contributed by atoms with Gasteiger partial charge in [0.15, 0.2) is 0 Å². The number of hydrogen-bond donors (Lipinski definition) is 2. The van der Waals surface area contributed by atoms with Crippen LogP contribution in [0.4, 0.5) is 0 Å². The Hall–Kier alpha value is -0.610. The molecule has 4 unspecified atom stereocenters. The average molecular weight is 228 g/mol. The number of carbonyl (C=O) groups is 1. The molecule has 16 heavy (non-hydrogen) atoms. The summed E-state index contributed by atoms with van der Waals surface area (Å²) in [4.78, 5) is 13.3. The Bertz CT molecular complexity index is 245. The number of nitrogens with zero attached hydrogens (tertiary/aromatic N) is 1. The van der Waals surface area contributed by atoms with E-state index in [-0.39, 0.29) is 12.0 Å². The third-order valence-corrected chi connectivity index (χ3v) is 3.93. The average Bonchev–Trinajstić information content (AvgIpc) is 2.26. The topological polar surface area (TPSA) is 66.6 Å². The summed E-state index contributed by atoms with van der Waals surface area (Å²) in [5.41, 5.74) is 5.78. The van der Waals surface area contributed by atoms with Gasteiger partial charge in [0.2, 0.25) is 0 Å². The summed E-state index contributed by atoms with van der Waals surface area (Å²) in [6.07, 6.45) is 2.24. The Morgan fingerprint density at radius 3 is 2.69 bits per heavy atom. The zero-order valence-corrected chi connectivity index (χ0v) is 10.5. The van der Waals surface area contributed by atoms with E-state index in [1.165, 1.54) is 0 Å². The van der Waals surface area contributed by atoms with Gasteiger partial charge < -0.3 is 10.8 Å². The van der Waals surface area contributed by atoms with Crippen LogP contribution in [-0.2, 0) is 4.79 Å². The highest BCUT2D eigenvalue weighted by atomic mass is 16.4. The van der Waals surface area contributed by atoms with Crippen molar-refractivity contribution in [1.29, 1.82) is 0 Å². The standard InChI is InChI=1S/C12H24N2O2/c1-8-4-5-14(11(6-8)7-13)10(3)9(2)12(15)16/h8-11H,4-7,13H2,1-3H3,(H,15,16). The van der Waals surface area contributed by atoms with Crippen LogP contribution in [0.5, 0.6) is 0 Å². The minimum absolute atomic E-state index is 0.0681. The number of aliphatic carboxylic acids is 1. The molecule has 94 valence electrons. The summed E-state index contributed by atoms with van der Waals surface area (Å²) in [7, 11) is 0. The lowest BCUT2D eigenvalue weighted by atomic mass is 9.89. The Morgan fingerprint density at radius 2 is 2.19 bits per heavy atom. The van der Waals surface area contributed by atoms with E-state index in [9.17, 15) is 4.79 Å². The molecule has 0 bridgehead atoms. The predicted molar refractivity (Wildman–Crippen MR) is 64.2 cm³/mol. The van der Waals surface area contributed by atoms with E-state index < -0.39 is 5.97 Å². The van der Waals surface area contributed by atoms with Crippen molar-refractivity contribution >= 4 is 5.97 Å². The zero-order valence-electron chi connectivity index (χ0n) is 10.5. The number of rotatable bonds is 4. The fourth-order valence-electron chi connectivity index (χ4n) is 2.53. The molecule has 0 aromatic rings. The molecule has 0 radical (unpaired) electrons. The summed E-state index contributed by atoms with van der Waals surface area (Å²) < 4.78 is 0. The highest BCUT2D eigenvalue weighted by Gasteiger charge is 2.33. The van der Waals surface area contributed by atoms with Crippen molar-refractivity contribution in [2.45, 2.75) is 45.7 Å². The van der Waals surface area contributed by atoms with Gasteiger partial charge in [0.05, 0.1) is 5.92 Å². The maximum atomic E-state index is 11.0. The summed E-state index contributed by atoms with van der Waals surface area (Å²) in [6, 6.07) is 0.416. The van der Waals surface area contributed by atoms with E-state index in [0.717, 1.165) is 19.4 Å². The first-order chi connectivity index (χ1) is 7.47. The number of likely N-dealkylation sites (tertiary alicyclic amines) is 1. The number of nitrogens with two attached hydrogens (primary N) is 1. The first-order valence-electron chi connectivity index (χ1n) is 6.16. The molecule has 1 rings (SSSR count). The molecule has 0 spiro atoms. The lowest BCUT2D eigenvalue weighted by Gasteiger charge is -2.42. The van der Waals surface area contributed by atoms with Crippen molar-refractivity contribution in [3.8, 4) is 0 Å². The fourth-order valence-corrected chi connectivity index (χ4v) is 2.53. The van der Waals surface area contributed by atoms with Crippen molar-refractivity contribution in [3.05, 3.63) is 0 Å². The van der Waals surface area contributed by atoms with E-state index >= 15 is 0 Å². The molecule has 0 aromatic carbocycles. The van der Waals surface area contributed by atoms with Crippen molar-refractivity contribution in [1.82, 2.24) is 4.90 Å². The van der Waals surface area contributed by atoms with Gasteiger partial charge >= 0.3 is 5.97 Å². The van der Waals surface area contributed by atoms with Crippen LogP contribution in [0.1, 0.15) is 33.6 Å². The van der Waals surface area contributed by atoms with Crippen molar-refractivity contribution in [2.24, 2.45) is 17.6 Å². The fraction of sp³-hybridized carbons (Fsp3) is 0.917.